The molecule has 1 heterocycles. The van der Waals surface area contributed by atoms with Gasteiger partial charge in [-0.2, -0.15) is 0 Å². The van der Waals surface area contributed by atoms with Crippen LogP contribution in [0.1, 0.15) is 17.0 Å². The Kier molecular flexibility index (Phi) is 4.36. The number of nitrogens with zero attached hydrogens (tertiary/aromatic N) is 1. The number of aromatic nitrogens is 1. The molecule has 0 aliphatic rings. The van der Waals surface area contributed by atoms with Gasteiger partial charge in [-0.05, 0) is 24.6 Å². The maximum Gasteiger partial charge on any atom is 0.130 e. The van der Waals surface area contributed by atoms with E-state index in [0.29, 0.717) is 12.4 Å². The molecule has 19 heavy (non-hydrogen) atoms. The molecular formula is C15H17NO3. The fourth-order valence-electron chi connectivity index (χ4n) is 1.79. The Balaban J connectivity index is 2.07. The number of aliphatic hydroxyl groups excluding tert-OH is 1. The van der Waals surface area contributed by atoms with Gasteiger partial charge in [0.2, 0.25) is 0 Å². The number of aliphatic hydroxyl groups is 1. The molecule has 1 aromatic carbocycles. The Morgan fingerprint density at radius 1 is 1.16 bits per heavy atom. The summed E-state index contributed by atoms with van der Waals surface area (Å²) in [4.78, 5) is 4.39. The van der Waals surface area contributed by atoms with Gasteiger partial charge >= 0.3 is 0 Å². The average molecular weight is 259 g/mol. The molecule has 0 aliphatic carbocycles. The SMILES string of the molecule is COc1cc(C)nc(COc2cccc(CO)c2)c1. The standard InChI is InChI=1S/C15H17NO3/c1-11-6-15(18-2)8-13(16-11)10-19-14-5-3-4-12(7-14)9-17/h3-8,17H,9-10H2,1-2H3. The lowest BCUT2D eigenvalue weighted by atomic mass is 10.2. The van der Waals surface area contributed by atoms with Crippen LogP contribution >= 0.6 is 0 Å². The maximum absolute atomic E-state index is 9.07. The number of aryl methyl sites for hydroxylation is 1. The van der Waals surface area contributed by atoms with Crippen LogP contribution in [0, 0.1) is 6.92 Å². The van der Waals surface area contributed by atoms with E-state index in [0.717, 1.165) is 22.7 Å². The third-order valence-corrected chi connectivity index (χ3v) is 2.68. The topological polar surface area (TPSA) is 51.6 Å². The first-order valence-corrected chi connectivity index (χ1v) is 6.05. The zero-order valence-electron chi connectivity index (χ0n) is 11.1. The van der Waals surface area contributed by atoms with E-state index in [4.69, 9.17) is 14.6 Å². The minimum absolute atomic E-state index is 0.00766. The highest BCUT2D eigenvalue weighted by atomic mass is 16.5. The molecule has 0 spiro atoms. The number of rotatable bonds is 5. The van der Waals surface area contributed by atoms with E-state index in [1.54, 1.807) is 7.11 Å². The van der Waals surface area contributed by atoms with Crippen molar-refractivity contribution in [3.05, 3.63) is 53.3 Å². The van der Waals surface area contributed by atoms with E-state index in [1.165, 1.54) is 0 Å². The summed E-state index contributed by atoms with van der Waals surface area (Å²) in [7, 11) is 1.63. The van der Waals surface area contributed by atoms with E-state index in [1.807, 2.05) is 43.3 Å². The van der Waals surface area contributed by atoms with Crippen LogP contribution in [0.4, 0.5) is 0 Å². The van der Waals surface area contributed by atoms with Crippen LogP contribution in [-0.4, -0.2) is 17.2 Å². The predicted molar refractivity (Wildman–Crippen MR) is 72.2 cm³/mol. The fourth-order valence-corrected chi connectivity index (χ4v) is 1.79. The minimum Gasteiger partial charge on any atom is -0.497 e. The lowest BCUT2D eigenvalue weighted by molar-refractivity contribution is 0.277. The molecule has 0 saturated carbocycles. The smallest absolute Gasteiger partial charge is 0.130 e. The van der Waals surface area contributed by atoms with Crippen LogP contribution in [-0.2, 0) is 13.2 Å². The zero-order chi connectivity index (χ0) is 13.7. The predicted octanol–water partition coefficient (Wildman–Crippen LogP) is 2.47. The van der Waals surface area contributed by atoms with Crippen molar-refractivity contribution in [2.75, 3.05) is 7.11 Å². The molecule has 1 aromatic heterocycles. The molecule has 0 atom stereocenters. The van der Waals surface area contributed by atoms with E-state index >= 15 is 0 Å². The third-order valence-electron chi connectivity index (χ3n) is 2.68. The van der Waals surface area contributed by atoms with Gasteiger partial charge in [0.25, 0.3) is 0 Å². The fraction of sp³-hybridized carbons (Fsp3) is 0.267. The zero-order valence-corrected chi connectivity index (χ0v) is 11.1. The molecule has 0 radical (unpaired) electrons. The highest BCUT2D eigenvalue weighted by Crippen LogP contribution is 2.17. The van der Waals surface area contributed by atoms with Crippen molar-refractivity contribution in [1.82, 2.24) is 4.98 Å². The largest absolute Gasteiger partial charge is 0.497 e. The number of pyridine rings is 1. The van der Waals surface area contributed by atoms with Crippen molar-refractivity contribution in [2.45, 2.75) is 20.1 Å². The second-order valence-corrected chi connectivity index (χ2v) is 4.23. The molecular weight excluding hydrogens is 242 g/mol. The Morgan fingerprint density at radius 2 is 2.00 bits per heavy atom. The van der Waals surface area contributed by atoms with Crippen molar-refractivity contribution < 1.29 is 14.6 Å². The number of hydrogen-bond acceptors (Lipinski definition) is 4. The molecule has 0 saturated heterocycles. The molecule has 0 fully saturated rings. The summed E-state index contributed by atoms with van der Waals surface area (Å²) in [5.41, 5.74) is 2.53. The Morgan fingerprint density at radius 3 is 2.74 bits per heavy atom. The van der Waals surface area contributed by atoms with Gasteiger partial charge in [-0.3, -0.25) is 4.98 Å². The molecule has 0 aliphatic heterocycles. The molecule has 0 amide bonds. The number of hydrogen-bond donors (Lipinski definition) is 1. The van der Waals surface area contributed by atoms with Gasteiger partial charge in [-0.15, -0.1) is 0 Å². The van der Waals surface area contributed by atoms with Gasteiger partial charge in [-0.1, -0.05) is 12.1 Å². The number of methoxy groups -OCH3 is 1. The molecule has 0 bridgehead atoms. The van der Waals surface area contributed by atoms with Crippen molar-refractivity contribution in [3.8, 4) is 11.5 Å². The summed E-state index contributed by atoms with van der Waals surface area (Å²) >= 11 is 0. The van der Waals surface area contributed by atoms with Gasteiger partial charge in [0, 0.05) is 17.8 Å². The minimum atomic E-state index is 0.00766. The van der Waals surface area contributed by atoms with Crippen LogP contribution in [0.5, 0.6) is 11.5 Å². The van der Waals surface area contributed by atoms with Crippen LogP contribution in [0.25, 0.3) is 0 Å². The third kappa shape index (κ3) is 3.69. The quantitative estimate of drug-likeness (QED) is 0.896. The summed E-state index contributed by atoms with van der Waals surface area (Å²) in [6.45, 7) is 2.29. The Bertz CT molecular complexity index is 555. The van der Waals surface area contributed by atoms with Crippen LogP contribution in [0.2, 0.25) is 0 Å². The van der Waals surface area contributed by atoms with E-state index in [9.17, 15) is 0 Å². The molecule has 100 valence electrons. The van der Waals surface area contributed by atoms with E-state index < -0.39 is 0 Å². The Labute approximate surface area is 112 Å². The molecule has 2 aromatic rings. The first-order chi connectivity index (χ1) is 9.21. The van der Waals surface area contributed by atoms with Gasteiger partial charge in [0.05, 0.1) is 19.4 Å². The lowest BCUT2D eigenvalue weighted by Crippen LogP contribution is -2.00. The highest BCUT2D eigenvalue weighted by Gasteiger charge is 2.02. The second kappa shape index (κ2) is 6.20. The van der Waals surface area contributed by atoms with Crippen LogP contribution in [0.15, 0.2) is 36.4 Å². The summed E-state index contributed by atoms with van der Waals surface area (Å²) in [6, 6.07) is 11.1. The monoisotopic (exact) mass is 259 g/mol. The number of ether oxygens (including phenoxy) is 2. The summed E-state index contributed by atoms with van der Waals surface area (Å²) < 4.78 is 10.9. The summed E-state index contributed by atoms with van der Waals surface area (Å²) in [5.74, 6) is 1.49. The van der Waals surface area contributed by atoms with Crippen LogP contribution in [0.3, 0.4) is 0 Å². The van der Waals surface area contributed by atoms with Crippen molar-refractivity contribution in [1.29, 1.82) is 0 Å². The van der Waals surface area contributed by atoms with Gasteiger partial charge in [-0.25, -0.2) is 0 Å². The van der Waals surface area contributed by atoms with Gasteiger partial charge < -0.3 is 14.6 Å². The van der Waals surface area contributed by atoms with Crippen molar-refractivity contribution >= 4 is 0 Å². The molecule has 4 heteroatoms. The number of benzene rings is 1. The first kappa shape index (κ1) is 13.4. The van der Waals surface area contributed by atoms with Gasteiger partial charge in [0.1, 0.15) is 18.1 Å². The molecule has 2 rings (SSSR count). The summed E-state index contributed by atoms with van der Waals surface area (Å²) in [6.07, 6.45) is 0. The first-order valence-electron chi connectivity index (χ1n) is 6.05. The Hall–Kier alpha value is -2.07. The van der Waals surface area contributed by atoms with E-state index in [-0.39, 0.29) is 6.61 Å². The molecule has 4 nitrogen and oxygen atoms in total. The lowest BCUT2D eigenvalue weighted by Gasteiger charge is -2.09. The average Bonchev–Trinajstić information content (AvgIpc) is 2.44. The second-order valence-electron chi connectivity index (χ2n) is 4.23. The molecule has 0 unspecified atom stereocenters. The summed E-state index contributed by atoms with van der Waals surface area (Å²) in [5, 5.41) is 9.07. The molecule has 1 N–H and O–H groups in total. The van der Waals surface area contributed by atoms with Crippen molar-refractivity contribution in [3.63, 3.8) is 0 Å². The normalized spacial score (nSPS) is 10.3. The highest BCUT2D eigenvalue weighted by molar-refractivity contribution is 5.29. The van der Waals surface area contributed by atoms with E-state index in [2.05, 4.69) is 4.98 Å². The maximum atomic E-state index is 9.07. The van der Waals surface area contributed by atoms with Crippen LogP contribution < -0.4 is 9.47 Å². The van der Waals surface area contributed by atoms with Gasteiger partial charge in [0.15, 0.2) is 0 Å². The van der Waals surface area contributed by atoms with Crippen molar-refractivity contribution in [2.24, 2.45) is 0 Å².